The number of para-hydroxylation sites is 1. The van der Waals surface area contributed by atoms with Gasteiger partial charge in [0, 0.05) is 29.7 Å². The molecule has 3 nitrogen and oxygen atoms in total. The van der Waals surface area contributed by atoms with Crippen molar-refractivity contribution >= 4 is 5.69 Å². The third-order valence-corrected chi connectivity index (χ3v) is 7.83. The largest absolute Gasteiger partial charge is 0.368 e. The summed E-state index contributed by atoms with van der Waals surface area (Å²) in [5, 5.41) is 3.93. The van der Waals surface area contributed by atoms with Gasteiger partial charge in [0.05, 0.1) is 12.2 Å². The fraction of sp³-hybridized carbons (Fsp3) is 0.308. The van der Waals surface area contributed by atoms with Crippen molar-refractivity contribution in [3.05, 3.63) is 102 Å². The molecule has 0 saturated carbocycles. The number of rotatable bonds is 3. The van der Waals surface area contributed by atoms with Gasteiger partial charge in [-0.2, -0.15) is 0 Å². The quantitative estimate of drug-likeness (QED) is 0.681. The lowest BCUT2D eigenvalue weighted by molar-refractivity contribution is 0.206. The number of fused-ring (bicyclic) bond motifs is 4. The topological polar surface area (TPSA) is 18.3 Å². The van der Waals surface area contributed by atoms with Gasteiger partial charge in [0.1, 0.15) is 0 Å². The second-order valence-electron chi connectivity index (χ2n) is 9.08. The van der Waals surface area contributed by atoms with E-state index in [4.69, 9.17) is 0 Å². The lowest BCUT2D eigenvalue weighted by Gasteiger charge is -2.36. The maximum absolute atomic E-state index is 3.93. The average Bonchev–Trinajstić information content (AvgIpc) is 3.08. The maximum Gasteiger partial charge on any atom is 0.0918 e. The van der Waals surface area contributed by atoms with Crippen molar-refractivity contribution in [3.63, 3.8) is 0 Å². The summed E-state index contributed by atoms with van der Waals surface area (Å²) in [4.78, 5) is 5.54. The predicted octanol–water partition coefficient (Wildman–Crippen LogP) is 4.39. The second kappa shape index (κ2) is 5.71. The summed E-state index contributed by atoms with van der Waals surface area (Å²) >= 11 is 0. The van der Waals surface area contributed by atoms with Crippen LogP contribution in [0.4, 0.5) is 5.69 Å². The number of likely N-dealkylation sites (tertiary alicyclic amines) is 1. The Labute approximate surface area is 172 Å². The number of nitrogens with zero attached hydrogens (tertiary/aromatic N) is 2. The van der Waals surface area contributed by atoms with Crippen molar-refractivity contribution in [1.82, 2.24) is 9.80 Å². The number of anilines is 1. The van der Waals surface area contributed by atoms with Gasteiger partial charge in [0.2, 0.25) is 0 Å². The van der Waals surface area contributed by atoms with Crippen molar-refractivity contribution < 1.29 is 0 Å². The van der Waals surface area contributed by atoms with Gasteiger partial charge in [-0.25, -0.2) is 0 Å². The van der Waals surface area contributed by atoms with E-state index >= 15 is 0 Å². The van der Waals surface area contributed by atoms with E-state index in [0.717, 1.165) is 6.54 Å². The molecule has 4 heterocycles. The lowest BCUT2D eigenvalue weighted by atomic mass is 9.73. The minimum atomic E-state index is 0.224. The molecule has 29 heavy (non-hydrogen) atoms. The molecule has 6 atom stereocenters. The van der Waals surface area contributed by atoms with E-state index in [9.17, 15) is 0 Å². The van der Waals surface area contributed by atoms with Crippen molar-refractivity contribution in [2.24, 2.45) is 0 Å². The van der Waals surface area contributed by atoms with Crippen molar-refractivity contribution in [2.75, 3.05) is 11.9 Å². The molecule has 0 radical (unpaired) electrons. The van der Waals surface area contributed by atoms with E-state index in [1.165, 1.54) is 29.8 Å². The van der Waals surface area contributed by atoms with E-state index in [-0.39, 0.29) is 5.41 Å². The number of hydrogen-bond acceptors (Lipinski definition) is 3. The van der Waals surface area contributed by atoms with Crippen LogP contribution in [-0.2, 0) is 12.0 Å². The normalized spacial score (nSPS) is 36.1. The first-order chi connectivity index (χ1) is 14.4. The Balaban J connectivity index is 1.32. The SMILES string of the molecule is c1ccc(CN2CC[C@]34c5ccccc5NC3N3C(C24)[C@H]3c2ccccc2)cc1. The molecule has 3 aromatic rings. The number of nitrogens with one attached hydrogen (secondary N) is 1. The fourth-order valence-electron chi connectivity index (χ4n) is 6.78. The summed E-state index contributed by atoms with van der Waals surface area (Å²) in [7, 11) is 0. The summed E-state index contributed by atoms with van der Waals surface area (Å²) in [5.41, 5.74) is 6.01. The van der Waals surface area contributed by atoms with E-state index < -0.39 is 0 Å². The van der Waals surface area contributed by atoms with Gasteiger partial charge in [-0.1, -0.05) is 78.9 Å². The lowest BCUT2D eigenvalue weighted by Crippen LogP contribution is -2.48. The fourth-order valence-corrected chi connectivity index (χ4v) is 6.78. The minimum absolute atomic E-state index is 0.224. The summed E-state index contributed by atoms with van der Waals surface area (Å²) in [6.07, 6.45) is 1.66. The first-order valence-electron chi connectivity index (χ1n) is 10.8. The van der Waals surface area contributed by atoms with Crippen molar-refractivity contribution in [1.29, 1.82) is 0 Å². The zero-order valence-corrected chi connectivity index (χ0v) is 16.4. The van der Waals surface area contributed by atoms with Crippen LogP contribution in [0.5, 0.6) is 0 Å². The predicted molar refractivity (Wildman–Crippen MR) is 116 cm³/mol. The Morgan fingerprint density at radius 3 is 2.41 bits per heavy atom. The Hall–Kier alpha value is -2.62. The molecule has 3 aromatic carbocycles. The molecule has 4 aliphatic heterocycles. The van der Waals surface area contributed by atoms with Crippen LogP contribution in [0.3, 0.4) is 0 Å². The minimum Gasteiger partial charge on any atom is -0.368 e. The first-order valence-corrected chi connectivity index (χ1v) is 10.8. The molecule has 3 saturated heterocycles. The van der Waals surface area contributed by atoms with E-state index in [1.54, 1.807) is 5.56 Å². The average molecular weight is 380 g/mol. The number of piperidine rings is 1. The molecule has 3 fully saturated rings. The van der Waals surface area contributed by atoms with Crippen molar-refractivity contribution in [3.8, 4) is 0 Å². The van der Waals surface area contributed by atoms with E-state index in [0.29, 0.717) is 24.3 Å². The van der Waals surface area contributed by atoms with Crippen LogP contribution in [0.2, 0.25) is 0 Å². The van der Waals surface area contributed by atoms with E-state index in [1.807, 2.05) is 0 Å². The van der Waals surface area contributed by atoms with Crippen LogP contribution in [0, 0.1) is 0 Å². The van der Waals surface area contributed by atoms with Gasteiger partial charge in [0.15, 0.2) is 0 Å². The van der Waals surface area contributed by atoms with Crippen LogP contribution in [0.15, 0.2) is 84.9 Å². The highest BCUT2D eigenvalue weighted by molar-refractivity contribution is 5.66. The highest BCUT2D eigenvalue weighted by Gasteiger charge is 2.76. The molecule has 0 aliphatic carbocycles. The van der Waals surface area contributed by atoms with Gasteiger partial charge in [-0.3, -0.25) is 9.80 Å². The van der Waals surface area contributed by atoms with Crippen LogP contribution >= 0.6 is 0 Å². The van der Waals surface area contributed by atoms with Gasteiger partial charge in [0.25, 0.3) is 0 Å². The van der Waals surface area contributed by atoms with E-state index in [2.05, 4.69) is 100 Å². The standard InChI is InChI=1S/C26H25N3/c1-3-9-18(10-4-1)17-28-16-15-26-20-13-7-8-14-21(20)27-25(26)29-22(23(29)24(26)28)19-11-5-2-6-12-19/h1-14,22-25,27H,15-17H2/t22-,23?,24?,25?,26-,29?/m1/s1. The first kappa shape index (κ1) is 16.2. The second-order valence-corrected chi connectivity index (χ2v) is 9.08. The molecule has 144 valence electrons. The molecular weight excluding hydrogens is 354 g/mol. The summed E-state index contributed by atoms with van der Waals surface area (Å²) in [6, 6.07) is 32.9. The summed E-state index contributed by atoms with van der Waals surface area (Å²) in [5.74, 6) is 0. The molecule has 3 heteroatoms. The van der Waals surface area contributed by atoms with Crippen LogP contribution < -0.4 is 5.32 Å². The molecule has 0 amide bonds. The van der Waals surface area contributed by atoms with Gasteiger partial charge in [-0.05, 0) is 35.7 Å². The third kappa shape index (κ3) is 2.04. The smallest absolute Gasteiger partial charge is 0.0918 e. The number of hydrogen-bond donors (Lipinski definition) is 1. The Morgan fingerprint density at radius 2 is 1.59 bits per heavy atom. The molecule has 0 aromatic heterocycles. The molecule has 7 rings (SSSR count). The highest BCUT2D eigenvalue weighted by Crippen LogP contribution is 2.67. The van der Waals surface area contributed by atoms with Crippen LogP contribution in [0.1, 0.15) is 29.2 Å². The summed E-state index contributed by atoms with van der Waals surface area (Å²) in [6.45, 7) is 2.23. The Bertz CT molecular complexity index is 1070. The third-order valence-electron chi connectivity index (χ3n) is 7.83. The Morgan fingerprint density at radius 1 is 0.862 bits per heavy atom. The van der Waals surface area contributed by atoms with Crippen LogP contribution in [-0.4, -0.2) is 34.6 Å². The zero-order valence-electron chi connectivity index (χ0n) is 16.4. The highest BCUT2D eigenvalue weighted by atomic mass is 15.5. The van der Waals surface area contributed by atoms with Gasteiger partial charge >= 0.3 is 0 Å². The number of benzene rings is 3. The maximum atomic E-state index is 3.93. The Kier molecular flexibility index (Phi) is 3.19. The summed E-state index contributed by atoms with van der Waals surface area (Å²) < 4.78 is 0. The van der Waals surface area contributed by atoms with Gasteiger partial charge in [-0.15, -0.1) is 0 Å². The van der Waals surface area contributed by atoms with Crippen LogP contribution in [0.25, 0.3) is 0 Å². The molecule has 0 bridgehead atoms. The molecular formula is C26H25N3. The molecule has 1 spiro atoms. The van der Waals surface area contributed by atoms with Crippen molar-refractivity contribution in [2.45, 2.75) is 42.7 Å². The van der Waals surface area contributed by atoms with Gasteiger partial charge < -0.3 is 5.32 Å². The monoisotopic (exact) mass is 379 g/mol. The molecule has 4 unspecified atom stereocenters. The molecule has 4 aliphatic rings. The molecule has 1 N–H and O–H groups in total. The zero-order chi connectivity index (χ0) is 19.0.